The van der Waals surface area contributed by atoms with Crippen LogP contribution in [-0.4, -0.2) is 23.8 Å². The van der Waals surface area contributed by atoms with E-state index < -0.39 is 0 Å². The van der Waals surface area contributed by atoms with Gasteiger partial charge >= 0.3 is 0 Å². The Bertz CT molecular complexity index is 103. The molecule has 0 radical (unpaired) electrons. The van der Waals surface area contributed by atoms with E-state index in [1.807, 2.05) is 6.92 Å². The van der Waals surface area contributed by atoms with E-state index in [4.69, 9.17) is 0 Å². The molecule has 0 spiro atoms. The normalized spacial score (nSPS) is 37.5. The van der Waals surface area contributed by atoms with Crippen LogP contribution in [-0.2, 0) is 0 Å². The third kappa shape index (κ3) is 1.70. The zero-order valence-corrected chi connectivity index (χ0v) is 6.80. The van der Waals surface area contributed by atoms with E-state index in [1.54, 1.807) is 0 Å². The lowest BCUT2D eigenvalue weighted by Crippen LogP contribution is -2.43. The summed E-state index contributed by atoms with van der Waals surface area (Å²) in [4.78, 5) is 0. The van der Waals surface area contributed by atoms with Gasteiger partial charge in [0.2, 0.25) is 0 Å². The fourth-order valence-electron chi connectivity index (χ4n) is 1.73. The fourth-order valence-corrected chi connectivity index (χ4v) is 1.73. The summed E-state index contributed by atoms with van der Waals surface area (Å²) >= 11 is 0. The van der Waals surface area contributed by atoms with Gasteiger partial charge in [0.15, 0.2) is 0 Å². The van der Waals surface area contributed by atoms with E-state index in [1.165, 1.54) is 12.8 Å². The fraction of sp³-hybridized carbons (Fsp3) is 1.00. The minimum atomic E-state index is -0.150. The largest absolute Gasteiger partial charge is 0.393 e. The minimum absolute atomic E-state index is 0.150. The summed E-state index contributed by atoms with van der Waals surface area (Å²) in [5.74, 6) is 0.466. The highest BCUT2D eigenvalue weighted by Gasteiger charge is 2.24. The number of hydrogen-bond donors (Lipinski definition) is 2. The molecule has 10 heavy (non-hydrogen) atoms. The van der Waals surface area contributed by atoms with E-state index in [9.17, 15) is 5.11 Å². The number of hydrogen-bond acceptors (Lipinski definition) is 2. The van der Waals surface area contributed by atoms with Crippen molar-refractivity contribution in [3.63, 3.8) is 0 Å². The first-order valence-corrected chi connectivity index (χ1v) is 4.13. The molecule has 0 saturated carbocycles. The Morgan fingerprint density at radius 3 is 2.70 bits per heavy atom. The van der Waals surface area contributed by atoms with Gasteiger partial charge in [-0.3, -0.25) is 0 Å². The lowest BCUT2D eigenvalue weighted by Gasteiger charge is -2.31. The van der Waals surface area contributed by atoms with Crippen molar-refractivity contribution in [1.82, 2.24) is 5.32 Å². The predicted molar refractivity (Wildman–Crippen MR) is 41.9 cm³/mol. The van der Waals surface area contributed by atoms with Gasteiger partial charge < -0.3 is 10.4 Å². The molecule has 1 aliphatic heterocycles. The Morgan fingerprint density at radius 1 is 1.60 bits per heavy atom. The highest BCUT2D eigenvalue weighted by Crippen LogP contribution is 2.19. The van der Waals surface area contributed by atoms with Crippen LogP contribution in [0.2, 0.25) is 0 Å². The summed E-state index contributed by atoms with van der Waals surface area (Å²) < 4.78 is 0. The van der Waals surface area contributed by atoms with E-state index in [0.717, 1.165) is 6.54 Å². The number of rotatable bonds is 1. The van der Waals surface area contributed by atoms with Crippen LogP contribution < -0.4 is 5.32 Å². The van der Waals surface area contributed by atoms with E-state index in [0.29, 0.717) is 12.0 Å². The maximum Gasteiger partial charge on any atom is 0.0555 e. The van der Waals surface area contributed by atoms with Gasteiger partial charge in [-0.25, -0.2) is 0 Å². The SMILES string of the molecule is CC(O)C1CCCNC1C. The van der Waals surface area contributed by atoms with Gasteiger partial charge in [-0.05, 0) is 39.2 Å². The maximum absolute atomic E-state index is 9.31. The van der Waals surface area contributed by atoms with Crippen molar-refractivity contribution in [1.29, 1.82) is 0 Å². The van der Waals surface area contributed by atoms with Crippen molar-refractivity contribution in [2.75, 3.05) is 6.54 Å². The van der Waals surface area contributed by atoms with Gasteiger partial charge in [0.05, 0.1) is 6.10 Å². The summed E-state index contributed by atoms with van der Waals surface area (Å²) in [7, 11) is 0. The molecule has 1 aliphatic rings. The molecule has 60 valence electrons. The third-order valence-corrected chi connectivity index (χ3v) is 2.44. The molecule has 1 heterocycles. The third-order valence-electron chi connectivity index (χ3n) is 2.44. The Balaban J connectivity index is 2.40. The lowest BCUT2D eigenvalue weighted by molar-refractivity contribution is 0.0851. The summed E-state index contributed by atoms with van der Waals surface area (Å²) in [6.45, 7) is 5.15. The lowest BCUT2D eigenvalue weighted by atomic mass is 9.88. The second kappa shape index (κ2) is 3.35. The Hall–Kier alpha value is -0.0800. The molecule has 2 heteroatoms. The van der Waals surface area contributed by atoms with Crippen molar-refractivity contribution in [3.05, 3.63) is 0 Å². The van der Waals surface area contributed by atoms with E-state index in [2.05, 4.69) is 12.2 Å². The van der Waals surface area contributed by atoms with Crippen LogP contribution in [0.4, 0.5) is 0 Å². The summed E-state index contributed by atoms with van der Waals surface area (Å²) in [5.41, 5.74) is 0. The molecule has 1 saturated heterocycles. The predicted octanol–water partition coefficient (Wildman–Crippen LogP) is 0.755. The first kappa shape index (κ1) is 8.02. The summed E-state index contributed by atoms with van der Waals surface area (Å²) in [6.07, 6.45) is 2.23. The van der Waals surface area contributed by atoms with E-state index >= 15 is 0 Å². The topological polar surface area (TPSA) is 32.3 Å². The van der Waals surface area contributed by atoms with Gasteiger partial charge in [0.25, 0.3) is 0 Å². The molecule has 2 N–H and O–H groups in total. The molecule has 0 amide bonds. The zero-order valence-electron chi connectivity index (χ0n) is 6.80. The second-order valence-electron chi connectivity index (χ2n) is 3.29. The monoisotopic (exact) mass is 143 g/mol. The highest BCUT2D eigenvalue weighted by atomic mass is 16.3. The molecule has 3 atom stereocenters. The Labute approximate surface area is 62.6 Å². The molecular weight excluding hydrogens is 126 g/mol. The van der Waals surface area contributed by atoms with Crippen molar-refractivity contribution < 1.29 is 5.11 Å². The number of aliphatic hydroxyl groups is 1. The van der Waals surface area contributed by atoms with Crippen LogP contribution in [0.15, 0.2) is 0 Å². The summed E-state index contributed by atoms with van der Waals surface area (Å²) in [5, 5.41) is 12.7. The molecule has 1 fully saturated rings. The molecule has 0 aromatic heterocycles. The van der Waals surface area contributed by atoms with Gasteiger partial charge in [-0.15, -0.1) is 0 Å². The Morgan fingerprint density at radius 2 is 2.30 bits per heavy atom. The standard InChI is InChI=1S/C8H17NO/c1-6-8(7(2)10)4-3-5-9-6/h6-10H,3-5H2,1-2H3. The zero-order chi connectivity index (χ0) is 7.56. The highest BCUT2D eigenvalue weighted by molar-refractivity contribution is 4.80. The van der Waals surface area contributed by atoms with Gasteiger partial charge in [-0.2, -0.15) is 0 Å². The average molecular weight is 143 g/mol. The van der Waals surface area contributed by atoms with Crippen molar-refractivity contribution in [2.45, 2.75) is 38.8 Å². The average Bonchev–Trinajstić information content (AvgIpc) is 1.88. The van der Waals surface area contributed by atoms with Crippen LogP contribution in [0, 0.1) is 5.92 Å². The Kier molecular flexibility index (Phi) is 2.69. The minimum Gasteiger partial charge on any atom is -0.393 e. The molecule has 0 bridgehead atoms. The number of aliphatic hydroxyl groups excluding tert-OH is 1. The molecule has 2 nitrogen and oxygen atoms in total. The van der Waals surface area contributed by atoms with Crippen LogP contribution >= 0.6 is 0 Å². The first-order valence-electron chi connectivity index (χ1n) is 4.13. The van der Waals surface area contributed by atoms with Crippen LogP contribution in [0.5, 0.6) is 0 Å². The van der Waals surface area contributed by atoms with Gasteiger partial charge in [0.1, 0.15) is 0 Å². The smallest absolute Gasteiger partial charge is 0.0555 e. The van der Waals surface area contributed by atoms with Crippen molar-refractivity contribution in [2.24, 2.45) is 5.92 Å². The molecule has 0 aliphatic carbocycles. The summed E-state index contributed by atoms with van der Waals surface area (Å²) in [6, 6.07) is 0.494. The van der Waals surface area contributed by atoms with Crippen LogP contribution in [0.1, 0.15) is 26.7 Å². The first-order chi connectivity index (χ1) is 4.72. The molecular formula is C8H17NO. The molecule has 0 aromatic carbocycles. The van der Waals surface area contributed by atoms with Crippen LogP contribution in [0.25, 0.3) is 0 Å². The van der Waals surface area contributed by atoms with Gasteiger partial charge in [-0.1, -0.05) is 0 Å². The molecule has 3 unspecified atom stereocenters. The second-order valence-corrected chi connectivity index (χ2v) is 3.29. The maximum atomic E-state index is 9.31. The van der Waals surface area contributed by atoms with Crippen molar-refractivity contribution >= 4 is 0 Å². The quantitative estimate of drug-likeness (QED) is 0.568. The number of nitrogens with one attached hydrogen (secondary N) is 1. The molecule has 0 aromatic rings. The van der Waals surface area contributed by atoms with E-state index in [-0.39, 0.29) is 6.10 Å². The molecule has 1 rings (SSSR count). The van der Waals surface area contributed by atoms with Gasteiger partial charge in [0, 0.05) is 6.04 Å². The van der Waals surface area contributed by atoms with Crippen molar-refractivity contribution in [3.8, 4) is 0 Å². The number of piperidine rings is 1. The van der Waals surface area contributed by atoms with Crippen LogP contribution in [0.3, 0.4) is 0 Å².